The van der Waals surface area contributed by atoms with E-state index >= 15 is 0 Å². The second-order valence-electron chi connectivity index (χ2n) is 24.2. The molecule has 10 N–H and O–H groups in total. The predicted octanol–water partition coefficient (Wildman–Crippen LogP) is 4.34. The van der Waals surface area contributed by atoms with Crippen LogP contribution in [0.25, 0.3) is 0 Å². The average molecular weight is 1360 g/mol. The van der Waals surface area contributed by atoms with Gasteiger partial charge in [-0.05, 0) is 28.7 Å². The summed E-state index contributed by atoms with van der Waals surface area (Å²) >= 11 is 0. The molecule has 4 amide bonds. The van der Waals surface area contributed by atoms with Crippen LogP contribution in [0.4, 0.5) is 19.2 Å². The van der Waals surface area contributed by atoms with Gasteiger partial charge in [0.05, 0.1) is 31.8 Å². The third-order valence-corrected chi connectivity index (χ3v) is 17.7. The zero-order valence-corrected chi connectivity index (χ0v) is 52.6. The number of aliphatic hydroxyl groups is 5. The van der Waals surface area contributed by atoms with Gasteiger partial charge in [0.15, 0.2) is 31.4 Å². The van der Waals surface area contributed by atoms with Crippen LogP contribution < -0.4 is 16.0 Å². The van der Waals surface area contributed by atoms with Gasteiger partial charge in [0.2, 0.25) is 0 Å². The molecular formula is C69H77N5O24. The van der Waals surface area contributed by atoms with Gasteiger partial charge in [-0.25, -0.2) is 19.2 Å². The van der Waals surface area contributed by atoms with Crippen LogP contribution in [-0.2, 0) is 88.0 Å². The predicted molar refractivity (Wildman–Crippen MR) is 334 cm³/mol. The minimum atomic E-state index is -2.08. The first-order valence-electron chi connectivity index (χ1n) is 32.0. The van der Waals surface area contributed by atoms with Crippen molar-refractivity contribution >= 4 is 24.4 Å². The quantitative estimate of drug-likeness (QED) is 0.0354. The molecule has 6 aromatic rings. The highest BCUT2D eigenvalue weighted by atomic mass is 16.8. The molecule has 522 valence electrons. The summed E-state index contributed by atoms with van der Waals surface area (Å²) in [5.74, 6) is 0. The van der Waals surface area contributed by atoms with E-state index in [0.29, 0.717) is 33.4 Å². The SMILES string of the molecule is O=C(N[C@H]1[C@@H](O[C@H]2[C@@H](O)[C@H](O[C@@H]3[C@@H](O)[C@H](N(O)O)C[C@H](NC(=O)OCc4ccccc4)[C@H]3O[C@H]3O[C@@H]4COC(c5ccccc5)O[C@H]4[C@H](O)[C@H]3NC(=O)OCc3ccccc3)O[C@@H]2CO)O[C@H]2CN(C(=O)OCc3ccccc3)C(c3ccccc3)O[C@H]2[C@@H]1O)OCc1ccccc1. The van der Waals surface area contributed by atoms with Gasteiger partial charge in [0.1, 0.15) is 112 Å². The maximum atomic E-state index is 14.2. The molecule has 29 nitrogen and oxygen atoms in total. The molecule has 12 rings (SSSR count). The molecule has 1 aliphatic carbocycles. The summed E-state index contributed by atoms with van der Waals surface area (Å²) in [6, 6.07) is 46.1. The molecule has 5 saturated heterocycles. The first-order chi connectivity index (χ1) is 47.7. The van der Waals surface area contributed by atoms with Crippen molar-refractivity contribution in [3.63, 3.8) is 0 Å². The lowest BCUT2D eigenvalue weighted by Crippen LogP contribution is -2.70. The fourth-order valence-electron chi connectivity index (χ4n) is 12.7. The molecule has 6 fully saturated rings. The highest BCUT2D eigenvalue weighted by Crippen LogP contribution is 2.41. The molecule has 0 radical (unpaired) electrons. The fraction of sp³-hybridized carbons (Fsp3) is 0.420. The second kappa shape index (κ2) is 32.6. The van der Waals surface area contributed by atoms with Crippen molar-refractivity contribution in [3.8, 4) is 0 Å². The van der Waals surface area contributed by atoms with Crippen molar-refractivity contribution in [2.24, 2.45) is 0 Å². The number of carbonyl (C=O) groups is 4. The number of hydrogen-bond acceptors (Lipinski definition) is 25. The molecule has 0 spiro atoms. The lowest BCUT2D eigenvalue weighted by atomic mass is 9.83. The standard InChI is InChI=1S/C69H77N5O24/c75-33-48-58(97-63-50(71-67(81)88-35-40-21-9-2-10-22-40)53(77)57-47(91-63)32-73(61(94-57)43-27-15-5-16-28-43)69(83)90-37-42-25-13-4-14-26-42)55(79)65(92-48)98-60-52(76)46(74(84)85)31-45(70-66(80)87-34-39-19-7-1-8-20-39)56(60)95-64-51(72-68(82)89-36-41-23-11-3-12-24-41)54(78)59-49(93-64)38-86-62(96-59)44-29-17-6-18-30-44/h1-30,45-65,75-79,84-85H,31-38H2,(H,70,80)(H,71,81)(H,72,82)/t45-,46+,47-,48+,49+,50+,51+,52-,53+,54+,55+,56+,57+,58+,59+,60+,61?,62?,63+,64+,65-/m0/s1. The van der Waals surface area contributed by atoms with Gasteiger partial charge in [-0.15, -0.1) is 0 Å². The van der Waals surface area contributed by atoms with Crippen molar-refractivity contribution in [3.05, 3.63) is 215 Å². The summed E-state index contributed by atoms with van der Waals surface area (Å²) in [4.78, 5) is 57.2. The van der Waals surface area contributed by atoms with E-state index in [-0.39, 0.29) is 44.8 Å². The van der Waals surface area contributed by atoms with Gasteiger partial charge in [0, 0.05) is 11.1 Å². The molecule has 6 aliphatic rings. The van der Waals surface area contributed by atoms with Crippen molar-refractivity contribution in [2.75, 3.05) is 19.8 Å². The number of nitrogens with one attached hydrogen (secondary N) is 3. The fourth-order valence-corrected chi connectivity index (χ4v) is 12.7. The number of amides is 4. The number of nitrogens with zero attached hydrogens (tertiary/aromatic N) is 2. The van der Waals surface area contributed by atoms with E-state index in [4.69, 9.17) is 61.6 Å². The average Bonchev–Trinajstić information content (AvgIpc) is 1.00. The summed E-state index contributed by atoms with van der Waals surface area (Å²) in [5.41, 5.74) is 3.63. The molecule has 21 atom stereocenters. The molecule has 6 aromatic carbocycles. The minimum Gasteiger partial charge on any atom is -0.445 e. The number of alkyl carbamates (subject to hydrolysis) is 3. The molecule has 29 heteroatoms. The van der Waals surface area contributed by atoms with Crippen molar-refractivity contribution < 1.29 is 117 Å². The molecule has 98 heavy (non-hydrogen) atoms. The third kappa shape index (κ3) is 16.7. The maximum absolute atomic E-state index is 14.2. The monoisotopic (exact) mass is 1360 g/mol. The maximum Gasteiger partial charge on any atom is 0.412 e. The Morgan fingerprint density at radius 1 is 0.469 bits per heavy atom. The highest BCUT2D eigenvalue weighted by molar-refractivity contribution is 5.70. The third-order valence-electron chi connectivity index (χ3n) is 17.7. The first kappa shape index (κ1) is 69.6. The molecule has 5 aliphatic heterocycles. The van der Waals surface area contributed by atoms with Crippen molar-refractivity contribution in [2.45, 2.75) is 162 Å². The number of hydroxylamine groups is 2. The van der Waals surface area contributed by atoms with Crippen LogP contribution in [0.15, 0.2) is 182 Å². The molecule has 1 saturated carbocycles. The van der Waals surface area contributed by atoms with Gasteiger partial charge in [-0.2, -0.15) is 0 Å². The van der Waals surface area contributed by atoms with Gasteiger partial charge in [0.25, 0.3) is 0 Å². The molecule has 0 bridgehead atoms. The summed E-state index contributed by atoms with van der Waals surface area (Å²) in [7, 11) is 0. The van der Waals surface area contributed by atoms with E-state index in [1.165, 1.54) is 4.90 Å². The molecule has 0 aromatic heterocycles. The Morgan fingerprint density at radius 2 is 0.908 bits per heavy atom. The van der Waals surface area contributed by atoms with Crippen LogP contribution in [0.1, 0.15) is 52.3 Å². The molecular weight excluding hydrogens is 1280 g/mol. The molecule has 5 heterocycles. The van der Waals surface area contributed by atoms with Gasteiger partial charge in [-0.3, -0.25) is 15.3 Å². The number of fused-ring (bicyclic) bond motifs is 2. The topological polar surface area (TPSA) is 372 Å². The van der Waals surface area contributed by atoms with Crippen LogP contribution in [0.3, 0.4) is 0 Å². The highest BCUT2D eigenvalue weighted by Gasteiger charge is 2.59. The van der Waals surface area contributed by atoms with E-state index in [2.05, 4.69) is 16.0 Å². The number of aliphatic hydroxyl groups excluding tert-OH is 5. The summed E-state index contributed by atoms with van der Waals surface area (Å²) in [5, 5.41) is 90.2. The van der Waals surface area contributed by atoms with Crippen LogP contribution in [0, 0.1) is 0 Å². The smallest absolute Gasteiger partial charge is 0.412 e. The minimum absolute atomic E-state index is 0.117. The summed E-state index contributed by atoms with van der Waals surface area (Å²) in [6.07, 6.45) is -31.8. The van der Waals surface area contributed by atoms with Crippen molar-refractivity contribution in [1.82, 2.24) is 26.1 Å². The van der Waals surface area contributed by atoms with Crippen LogP contribution >= 0.6 is 0 Å². The Balaban J connectivity index is 0.838. The summed E-state index contributed by atoms with van der Waals surface area (Å²) in [6.45, 7) is -2.20. The molecule has 2 unspecified atom stereocenters. The Kier molecular flexibility index (Phi) is 23.2. The lowest BCUT2D eigenvalue weighted by Gasteiger charge is -2.51. The van der Waals surface area contributed by atoms with Gasteiger partial charge >= 0.3 is 24.4 Å². The zero-order chi connectivity index (χ0) is 68.2. The number of carbonyl (C=O) groups excluding carboxylic acids is 4. The van der Waals surface area contributed by atoms with Crippen LogP contribution in [-0.4, -0.2) is 206 Å². The van der Waals surface area contributed by atoms with Crippen molar-refractivity contribution in [1.29, 1.82) is 0 Å². The van der Waals surface area contributed by atoms with E-state index in [1.54, 1.807) is 176 Å². The first-order valence-corrected chi connectivity index (χ1v) is 32.0. The Labute approximate surface area is 561 Å². The summed E-state index contributed by atoms with van der Waals surface area (Å²) < 4.78 is 80.7. The van der Waals surface area contributed by atoms with Gasteiger partial charge < -0.3 is 103 Å². The number of ether oxygens (including phenoxy) is 13. The van der Waals surface area contributed by atoms with Crippen LogP contribution in [0.5, 0.6) is 0 Å². The lowest BCUT2D eigenvalue weighted by molar-refractivity contribution is -0.377. The number of benzene rings is 6. The normalized spacial score (nSPS) is 32.1. The zero-order valence-electron chi connectivity index (χ0n) is 52.6. The number of hydrogen-bond donors (Lipinski definition) is 10. The van der Waals surface area contributed by atoms with E-state index < -0.39 is 166 Å². The Hall–Kier alpha value is -8.28. The number of rotatable bonds is 21. The van der Waals surface area contributed by atoms with E-state index in [1.807, 2.05) is 6.07 Å². The Bertz CT molecular complexity index is 3510. The Morgan fingerprint density at radius 3 is 1.41 bits per heavy atom. The van der Waals surface area contributed by atoms with Gasteiger partial charge in [-0.1, -0.05) is 187 Å². The largest absolute Gasteiger partial charge is 0.445 e. The second-order valence-corrected chi connectivity index (χ2v) is 24.2. The van der Waals surface area contributed by atoms with E-state index in [0.717, 1.165) is 0 Å². The van der Waals surface area contributed by atoms with E-state index in [9.17, 15) is 55.1 Å². The van der Waals surface area contributed by atoms with Crippen LogP contribution in [0.2, 0.25) is 0 Å².